The molecule has 1 rings (SSSR count). The van der Waals surface area contributed by atoms with Crippen LogP contribution in [0.2, 0.25) is 0 Å². The Morgan fingerprint density at radius 3 is 2.63 bits per heavy atom. The first-order valence-corrected chi connectivity index (χ1v) is 6.24. The van der Waals surface area contributed by atoms with E-state index in [9.17, 15) is 9.59 Å². The summed E-state index contributed by atoms with van der Waals surface area (Å²) in [6.45, 7) is 4.11. The Kier molecular flexibility index (Phi) is 5.78. The van der Waals surface area contributed by atoms with Gasteiger partial charge in [-0.25, -0.2) is 0 Å². The molecule has 0 saturated heterocycles. The molecular weight excluding hydrogens is 244 g/mol. The Morgan fingerprint density at radius 2 is 2.05 bits per heavy atom. The summed E-state index contributed by atoms with van der Waals surface area (Å²) in [6.07, 6.45) is 1.98. The van der Waals surface area contributed by atoms with Gasteiger partial charge in [-0.1, -0.05) is 0 Å². The number of nitrogens with zero attached hydrogens (tertiary/aromatic N) is 1. The van der Waals surface area contributed by atoms with Gasteiger partial charge in [0, 0.05) is 24.7 Å². The predicted molar refractivity (Wildman–Crippen MR) is 73.3 cm³/mol. The highest BCUT2D eigenvalue weighted by molar-refractivity contribution is 5.80. The fourth-order valence-electron chi connectivity index (χ4n) is 1.48. The van der Waals surface area contributed by atoms with Crippen molar-refractivity contribution in [2.45, 2.75) is 32.7 Å². The fraction of sp³-hybridized carbons (Fsp3) is 0.462. The van der Waals surface area contributed by atoms with Gasteiger partial charge in [0.05, 0.1) is 18.3 Å². The number of nitrogen functional groups attached to an aromatic ring is 1. The van der Waals surface area contributed by atoms with Crippen LogP contribution in [0.1, 0.15) is 26.0 Å². The summed E-state index contributed by atoms with van der Waals surface area (Å²) in [5.74, 6) is -0.226. The molecule has 0 aliphatic heterocycles. The Bertz CT molecular complexity index is 429. The van der Waals surface area contributed by atoms with Gasteiger partial charge in [-0.3, -0.25) is 14.6 Å². The van der Waals surface area contributed by atoms with E-state index in [4.69, 9.17) is 5.73 Å². The lowest BCUT2D eigenvalue weighted by atomic mass is 10.2. The minimum absolute atomic E-state index is 0.0686. The average molecular weight is 264 g/mol. The van der Waals surface area contributed by atoms with Gasteiger partial charge in [-0.2, -0.15) is 0 Å². The quantitative estimate of drug-likeness (QED) is 0.685. The highest BCUT2D eigenvalue weighted by Crippen LogP contribution is 2.01. The zero-order chi connectivity index (χ0) is 14.3. The van der Waals surface area contributed by atoms with Crippen molar-refractivity contribution in [2.24, 2.45) is 0 Å². The minimum atomic E-state index is -0.158. The van der Waals surface area contributed by atoms with Crippen LogP contribution < -0.4 is 16.4 Å². The van der Waals surface area contributed by atoms with E-state index in [1.165, 1.54) is 6.20 Å². The van der Waals surface area contributed by atoms with Crippen LogP contribution in [0.4, 0.5) is 5.69 Å². The maximum Gasteiger partial charge on any atom is 0.226 e. The zero-order valence-electron chi connectivity index (χ0n) is 11.3. The molecule has 0 bridgehead atoms. The Balaban J connectivity index is 2.25. The van der Waals surface area contributed by atoms with Crippen LogP contribution in [-0.2, 0) is 16.0 Å². The highest BCUT2D eigenvalue weighted by Gasteiger charge is 2.06. The Labute approximate surface area is 112 Å². The average Bonchev–Trinajstić information content (AvgIpc) is 2.31. The van der Waals surface area contributed by atoms with Gasteiger partial charge in [0.15, 0.2) is 0 Å². The first-order valence-electron chi connectivity index (χ1n) is 6.24. The van der Waals surface area contributed by atoms with Crippen molar-refractivity contribution in [1.29, 1.82) is 0 Å². The van der Waals surface area contributed by atoms with Gasteiger partial charge in [0.2, 0.25) is 11.8 Å². The number of hydrogen-bond acceptors (Lipinski definition) is 4. The van der Waals surface area contributed by atoms with E-state index in [2.05, 4.69) is 15.6 Å². The van der Waals surface area contributed by atoms with Crippen molar-refractivity contribution in [1.82, 2.24) is 15.6 Å². The minimum Gasteiger partial charge on any atom is -0.397 e. The second-order valence-electron chi connectivity index (χ2n) is 4.58. The summed E-state index contributed by atoms with van der Waals surface area (Å²) in [4.78, 5) is 27.0. The molecule has 19 heavy (non-hydrogen) atoms. The summed E-state index contributed by atoms with van der Waals surface area (Å²) in [5.41, 5.74) is 6.72. The molecule has 0 aliphatic carbocycles. The molecule has 0 aliphatic rings. The SMILES string of the molecule is CC(C)NC(=O)CCNC(=O)Cc1ccc(N)cn1. The molecule has 0 radical (unpaired) electrons. The van der Waals surface area contributed by atoms with Crippen molar-refractivity contribution >= 4 is 17.5 Å². The van der Waals surface area contributed by atoms with Gasteiger partial charge in [0.1, 0.15) is 0 Å². The molecule has 1 aromatic rings. The zero-order valence-corrected chi connectivity index (χ0v) is 11.3. The van der Waals surface area contributed by atoms with Crippen molar-refractivity contribution in [3.05, 3.63) is 24.0 Å². The molecule has 0 aromatic carbocycles. The largest absolute Gasteiger partial charge is 0.397 e. The molecule has 0 fully saturated rings. The Hall–Kier alpha value is -2.11. The molecule has 0 spiro atoms. The van der Waals surface area contributed by atoms with Gasteiger partial charge >= 0.3 is 0 Å². The number of rotatable bonds is 6. The number of nitrogens with one attached hydrogen (secondary N) is 2. The molecule has 1 aromatic heterocycles. The van der Waals surface area contributed by atoms with E-state index >= 15 is 0 Å². The number of hydrogen-bond donors (Lipinski definition) is 3. The number of pyridine rings is 1. The standard InChI is InChI=1S/C13H20N4O2/c1-9(2)17-12(18)5-6-15-13(19)7-11-4-3-10(14)8-16-11/h3-4,8-9H,5-7,14H2,1-2H3,(H,15,19)(H,17,18). The first-order chi connectivity index (χ1) is 8.97. The molecule has 6 nitrogen and oxygen atoms in total. The van der Waals surface area contributed by atoms with E-state index in [1.54, 1.807) is 12.1 Å². The molecule has 104 valence electrons. The topological polar surface area (TPSA) is 97.1 Å². The van der Waals surface area contributed by atoms with Crippen molar-refractivity contribution in [2.75, 3.05) is 12.3 Å². The van der Waals surface area contributed by atoms with Gasteiger partial charge in [0.25, 0.3) is 0 Å². The van der Waals surface area contributed by atoms with E-state index in [-0.39, 0.29) is 30.7 Å². The molecular formula is C13H20N4O2. The third-order valence-corrected chi connectivity index (χ3v) is 2.31. The predicted octanol–water partition coefficient (Wildman–Crippen LogP) is 0.237. The molecule has 1 heterocycles. The van der Waals surface area contributed by atoms with Crippen LogP contribution in [-0.4, -0.2) is 29.4 Å². The van der Waals surface area contributed by atoms with Gasteiger partial charge in [-0.05, 0) is 26.0 Å². The maximum atomic E-state index is 11.6. The van der Waals surface area contributed by atoms with E-state index in [1.807, 2.05) is 13.8 Å². The third kappa shape index (κ3) is 6.40. The molecule has 0 saturated carbocycles. The monoisotopic (exact) mass is 264 g/mol. The van der Waals surface area contributed by atoms with Crippen LogP contribution in [0.5, 0.6) is 0 Å². The third-order valence-electron chi connectivity index (χ3n) is 2.31. The number of carbonyl (C=O) groups is 2. The van der Waals surface area contributed by atoms with Crippen molar-refractivity contribution < 1.29 is 9.59 Å². The lowest BCUT2D eigenvalue weighted by Gasteiger charge is -2.08. The van der Waals surface area contributed by atoms with Crippen LogP contribution in [0, 0.1) is 0 Å². The lowest BCUT2D eigenvalue weighted by molar-refractivity contribution is -0.122. The summed E-state index contributed by atoms with van der Waals surface area (Å²) in [5, 5.41) is 5.43. The number of nitrogens with two attached hydrogens (primary N) is 1. The van der Waals surface area contributed by atoms with Crippen LogP contribution >= 0.6 is 0 Å². The van der Waals surface area contributed by atoms with Gasteiger partial charge < -0.3 is 16.4 Å². The van der Waals surface area contributed by atoms with E-state index in [0.29, 0.717) is 17.9 Å². The molecule has 4 N–H and O–H groups in total. The molecule has 0 unspecified atom stereocenters. The first kappa shape index (κ1) is 14.9. The normalized spacial score (nSPS) is 10.3. The Morgan fingerprint density at radius 1 is 1.32 bits per heavy atom. The van der Waals surface area contributed by atoms with Gasteiger partial charge in [-0.15, -0.1) is 0 Å². The number of anilines is 1. The second kappa shape index (κ2) is 7.35. The molecule has 0 atom stereocenters. The van der Waals surface area contributed by atoms with E-state index in [0.717, 1.165) is 0 Å². The molecule has 6 heteroatoms. The summed E-state index contributed by atoms with van der Waals surface area (Å²) < 4.78 is 0. The van der Waals surface area contributed by atoms with Crippen molar-refractivity contribution in [3.63, 3.8) is 0 Å². The summed E-state index contributed by atoms with van der Waals surface area (Å²) in [7, 11) is 0. The van der Waals surface area contributed by atoms with Crippen LogP contribution in [0.3, 0.4) is 0 Å². The molecule has 2 amide bonds. The lowest BCUT2D eigenvalue weighted by Crippen LogP contribution is -2.34. The smallest absolute Gasteiger partial charge is 0.226 e. The second-order valence-corrected chi connectivity index (χ2v) is 4.58. The van der Waals surface area contributed by atoms with Crippen molar-refractivity contribution in [3.8, 4) is 0 Å². The number of amides is 2. The summed E-state index contributed by atoms with van der Waals surface area (Å²) in [6, 6.07) is 3.52. The highest BCUT2D eigenvalue weighted by atomic mass is 16.2. The summed E-state index contributed by atoms with van der Waals surface area (Å²) >= 11 is 0. The fourth-order valence-corrected chi connectivity index (χ4v) is 1.48. The van der Waals surface area contributed by atoms with Crippen LogP contribution in [0.25, 0.3) is 0 Å². The van der Waals surface area contributed by atoms with E-state index < -0.39 is 0 Å². The number of carbonyl (C=O) groups excluding carboxylic acids is 2. The number of aromatic nitrogens is 1. The van der Waals surface area contributed by atoms with Crippen LogP contribution in [0.15, 0.2) is 18.3 Å². The maximum absolute atomic E-state index is 11.6.